The quantitative estimate of drug-likeness (QED) is 0.780. The van der Waals surface area contributed by atoms with E-state index in [1.54, 1.807) is 6.92 Å². The summed E-state index contributed by atoms with van der Waals surface area (Å²) in [6.45, 7) is 5.89. The molecule has 1 amide bonds. The zero-order chi connectivity index (χ0) is 12.5. The molecular formula is C13H18N4O. The molecule has 0 unspecified atom stereocenters. The van der Waals surface area contributed by atoms with Crippen molar-refractivity contribution in [2.24, 2.45) is 0 Å². The van der Waals surface area contributed by atoms with Crippen molar-refractivity contribution >= 4 is 23.0 Å². The Morgan fingerprint density at radius 3 is 2.56 bits per heavy atom. The van der Waals surface area contributed by atoms with Gasteiger partial charge in [0.15, 0.2) is 0 Å². The lowest BCUT2D eigenvalue weighted by Crippen LogP contribution is -2.48. The predicted octanol–water partition coefficient (Wildman–Crippen LogP) is 1.15. The van der Waals surface area contributed by atoms with Gasteiger partial charge in [0, 0.05) is 38.8 Å². The number of rotatable bonds is 1. The first-order chi connectivity index (χ1) is 8.74. The number of nitrogens with one attached hydrogen (secondary N) is 2. The summed E-state index contributed by atoms with van der Waals surface area (Å²) in [5, 5.41) is 6.57. The molecule has 2 aliphatic rings. The topological polar surface area (TPSA) is 47.6 Å². The van der Waals surface area contributed by atoms with Crippen molar-refractivity contribution in [2.45, 2.75) is 6.92 Å². The van der Waals surface area contributed by atoms with Crippen LogP contribution in [0.2, 0.25) is 0 Å². The van der Waals surface area contributed by atoms with E-state index in [1.165, 1.54) is 17.1 Å². The minimum absolute atomic E-state index is 0.175. The zero-order valence-corrected chi connectivity index (χ0v) is 10.6. The number of benzene rings is 1. The molecule has 1 aromatic rings. The molecule has 0 radical (unpaired) electrons. The standard InChI is InChI=1S/C13H18N4O/c1-10(18)16-4-6-17(7-5-16)11-2-3-12-13(8-11)15-9-14-12/h2-3,8,14-15H,4-7,9H2,1H3. The highest BCUT2D eigenvalue weighted by atomic mass is 16.2. The second kappa shape index (κ2) is 4.40. The molecule has 0 aromatic heterocycles. The van der Waals surface area contributed by atoms with Crippen LogP contribution in [0.3, 0.4) is 0 Å². The summed E-state index contributed by atoms with van der Waals surface area (Å²) in [6, 6.07) is 6.43. The largest absolute Gasteiger partial charge is 0.368 e. The molecule has 0 spiro atoms. The second-order valence-electron chi connectivity index (χ2n) is 4.75. The minimum Gasteiger partial charge on any atom is -0.368 e. The van der Waals surface area contributed by atoms with E-state index < -0.39 is 0 Å². The van der Waals surface area contributed by atoms with Gasteiger partial charge < -0.3 is 20.4 Å². The molecule has 5 heteroatoms. The van der Waals surface area contributed by atoms with Gasteiger partial charge in [-0.15, -0.1) is 0 Å². The molecule has 18 heavy (non-hydrogen) atoms. The number of amides is 1. The number of carbonyl (C=O) groups is 1. The van der Waals surface area contributed by atoms with Crippen LogP contribution >= 0.6 is 0 Å². The van der Waals surface area contributed by atoms with Gasteiger partial charge in [-0.1, -0.05) is 0 Å². The van der Waals surface area contributed by atoms with Gasteiger partial charge >= 0.3 is 0 Å². The summed E-state index contributed by atoms with van der Waals surface area (Å²) < 4.78 is 0. The number of hydrogen-bond donors (Lipinski definition) is 2. The van der Waals surface area contributed by atoms with Gasteiger partial charge in [0.2, 0.25) is 5.91 Å². The van der Waals surface area contributed by atoms with Crippen LogP contribution in [-0.2, 0) is 4.79 Å². The van der Waals surface area contributed by atoms with Crippen LogP contribution in [0.25, 0.3) is 0 Å². The fraction of sp³-hybridized carbons (Fsp3) is 0.462. The zero-order valence-electron chi connectivity index (χ0n) is 10.6. The van der Waals surface area contributed by atoms with Crippen molar-refractivity contribution in [2.75, 3.05) is 48.4 Å². The van der Waals surface area contributed by atoms with Crippen LogP contribution in [0.15, 0.2) is 18.2 Å². The van der Waals surface area contributed by atoms with Crippen LogP contribution in [0.1, 0.15) is 6.92 Å². The lowest BCUT2D eigenvalue weighted by Gasteiger charge is -2.35. The first kappa shape index (κ1) is 11.2. The molecule has 96 valence electrons. The molecule has 1 saturated heterocycles. The molecule has 5 nitrogen and oxygen atoms in total. The van der Waals surface area contributed by atoms with Crippen LogP contribution in [0.5, 0.6) is 0 Å². The Morgan fingerprint density at radius 2 is 1.83 bits per heavy atom. The van der Waals surface area contributed by atoms with Gasteiger partial charge in [0.05, 0.1) is 18.0 Å². The highest BCUT2D eigenvalue weighted by Crippen LogP contribution is 2.31. The number of anilines is 3. The van der Waals surface area contributed by atoms with Crippen LogP contribution in [0.4, 0.5) is 17.1 Å². The minimum atomic E-state index is 0.175. The number of piperazine rings is 1. The van der Waals surface area contributed by atoms with E-state index in [9.17, 15) is 4.79 Å². The van der Waals surface area contributed by atoms with E-state index in [4.69, 9.17) is 0 Å². The van der Waals surface area contributed by atoms with Crippen LogP contribution in [0, 0.1) is 0 Å². The maximum Gasteiger partial charge on any atom is 0.219 e. The summed E-state index contributed by atoms with van der Waals surface area (Å²) in [6.07, 6.45) is 0. The maximum atomic E-state index is 11.3. The number of nitrogens with zero attached hydrogens (tertiary/aromatic N) is 2. The molecule has 1 aromatic carbocycles. The van der Waals surface area contributed by atoms with Crippen molar-refractivity contribution in [3.05, 3.63) is 18.2 Å². The smallest absolute Gasteiger partial charge is 0.219 e. The lowest BCUT2D eigenvalue weighted by atomic mass is 10.2. The first-order valence-corrected chi connectivity index (χ1v) is 6.36. The van der Waals surface area contributed by atoms with Gasteiger partial charge in [-0.05, 0) is 18.2 Å². The molecule has 0 saturated carbocycles. The maximum absolute atomic E-state index is 11.3. The van der Waals surface area contributed by atoms with Crippen molar-refractivity contribution in [1.82, 2.24) is 4.90 Å². The molecular weight excluding hydrogens is 228 g/mol. The highest BCUT2D eigenvalue weighted by Gasteiger charge is 2.20. The molecule has 2 aliphatic heterocycles. The van der Waals surface area contributed by atoms with Crippen molar-refractivity contribution < 1.29 is 4.79 Å². The average molecular weight is 246 g/mol. The molecule has 0 aliphatic carbocycles. The molecule has 0 bridgehead atoms. The van der Waals surface area contributed by atoms with Gasteiger partial charge in [-0.2, -0.15) is 0 Å². The Bertz CT molecular complexity index is 466. The Morgan fingerprint density at radius 1 is 1.11 bits per heavy atom. The van der Waals surface area contributed by atoms with E-state index in [2.05, 4.69) is 33.7 Å². The second-order valence-corrected chi connectivity index (χ2v) is 4.75. The summed E-state index contributed by atoms with van der Waals surface area (Å²) in [5.74, 6) is 0.175. The fourth-order valence-electron chi connectivity index (χ4n) is 2.54. The summed E-state index contributed by atoms with van der Waals surface area (Å²) in [5.41, 5.74) is 3.57. The van der Waals surface area contributed by atoms with Gasteiger partial charge in [0.1, 0.15) is 0 Å². The van der Waals surface area contributed by atoms with E-state index in [0.717, 1.165) is 32.8 Å². The van der Waals surface area contributed by atoms with Gasteiger partial charge in [-0.3, -0.25) is 4.79 Å². The molecule has 2 N–H and O–H groups in total. The third-order valence-corrected chi connectivity index (χ3v) is 3.65. The van der Waals surface area contributed by atoms with Crippen LogP contribution in [-0.4, -0.2) is 43.7 Å². The van der Waals surface area contributed by atoms with E-state index >= 15 is 0 Å². The molecule has 2 heterocycles. The monoisotopic (exact) mass is 246 g/mol. The predicted molar refractivity (Wildman–Crippen MR) is 73.0 cm³/mol. The first-order valence-electron chi connectivity index (χ1n) is 6.36. The Kier molecular flexibility index (Phi) is 2.74. The third-order valence-electron chi connectivity index (χ3n) is 3.65. The third kappa shape index (κ3) is 1.96. The van der Waals surface area contributed by atoms with Crippen LogP contribution < -0.4 is 15.5 Å². The van der Waals surface area contributed by atoms with Gasteiger partial charge in [0.25, 0.3) is 0 Å². The Hall–Kier alpha value is -1.91. The Balaban J connectivity index is 1.71. The molecule has 0 atom stereocenters. The normalized spacial score (nSPS) is 18.1. The Labute approximate surface area is 107 Å². The summed E-state index contributed by atoms with van der Waals surface area (Å²) in [7, 11) is 0. The summed E-state index contributed by atoms with van der Waals surface area (Å²) >= 11 is 0. The molecule has 3 rings (SSSR count). The number of fused-ring (bicyclic) bond motifs is 1. The SMILES string of the molecule is CC(=O)N1CCN(c2ccc3c(c2)NCN3)CC1. The van der Waals surface area contributed by atoms with Gasteiger partial charge in [-0.25, -0.2) is 0 Å². The fourth-order valence-corrected chi connectivity index (χ4v) is 2.54. The summed E-state index contributed by atoms with van der Waals surface area (Å²) in [4.78, 5) is 15.5. The van der Waals surface area contributed by atoms with Crippen molar-refractivity contribution in [3.8, 4) is 0 Å². The average Bonchev–Trinajstić information content (AvgIpc) is 2.86. The number of carbonyl (C=O) groups excluding carboxylic acids is 1. The molecule has 1 fully saturated rings. The van der Waals surface area contributed by atoms with E-state index in [-0.39, 0.29) is 5.91 Å². The van der Waals surface area contributed by atoms with Crippen molar-refractivity contribution in [1.29, 1.82) is 0 Å². The lowest BCUT2D eigenvalue weighted by molar-refractivity contribution is -0.129. The number of hydrogen-bond acceptors (Lipinski definition) is 4. The highest BCUT2D eigenvalue weighted by molar-refractivity contribution is 5.78. The van der Waals surface area contributed by atoms with Crippen molar-refractivity contribution in [3.63, 3.8) is 0 Å². The van der Waals surface area contributed by atoms with E-state index in [1.807, 2.05) is 4.90 Å². The van der Waals surface area contributed by atoms with E-state index in [0.29, 0.717) is 0 Å².